The van der Waals surface area contributed by atoms with Gasteiger partial charge in [0.05, 0.1) is 5.57 Å². The summed E-state index contributed by atoms with van der Waals surface area (Å²) in [6.07, 6.45) is -0.674. The molecule has 0 aromatic heterocycles. The Morgan fingerprint density at radius 2 is 2.15 bits per heavy atom. The number of allylic oxidation sites excluding steroid dienone is 2. The summed E-state index contributed by atoms with van der Waals surface area (Å²) in [4.78, 5) is 0. The van der Waals surface area contributed by atoms with Crippen molar-refractivity contribution < 1.29 is 13.2 Å². The fourth-order valence-corrected chi connectivity index (χ4v) is 1.39. The van der Waals surface area contributed by atoms with Crippen LogP contribution in [0.2, 0.25) is 0 Å². The molecule has 0 saturated heterocycles. The van der Waals surface area contributed by atoms with Crippen molar-refractivity contribution >= 4 is 0 Å². The largest absolute Gasteiger partial charge is 0.416 e. The van der Waals surface area contributed by atoms with Crippen LogP contribution in [0.25, 0.3) is 0 Å². The van der Waals surface area contributed by atoms with E-state index in [0.717, 1.165) is 6.08 Å². The van der Waals surface area contributed by atoms with Crippen molar-refractivity contribution in [2.24, 2.45) is 5.73 Å². The number of nitrogens with two attached hydrogens (primary N) is 1. The lowest BCUT2D eigenvalue weighted by molar-refractivity contribution is -0.0901. The zero-order valence-corrected chi connectivity index (χ0v) is 7.36. The van der Waals surface area contributed by atoms with Gasteiger partial charge in [-0.2, -0.15) is 13.2 Å². The molecule has 0 aromatic rings. The van der Waals surface area contributed by atoms with Crippen LogP contribution in [0.1, 0.15) is 19.8 Å². The molecule has 0 saturated carbocycles. The van der Waals surface area contributed by atoms with Crippen molar-refractivity contribution in [1.82, 2.24) is 0 Å². The van der Waals surface area contributed by atoms with Gasteiger partial charge in [-0.15, -0.1) is 0 Å². The van der Waals surface area contributed by atoms with E-state index in [1.165, 1.54) is 0 Å². The van der Waals surface area contributed by atoms with Crippen molar-refractivity contribution in [3.05, 3.63) is 23.3 Å². The van der Waals surface area contributed by atoms with Gasteiger partial charge < -0.3 is 5.73 Å². The third kappa shape index (κ3) is 2.34. The van der Waals surface area contributed by atoms with E-state index in [4.69, 9.17) is 5.73 Å². The van der Waals surface area contributed by atoms with Crippen LogP contribution >= 0.6 is 0 Å². The summed E-state index contributed by atoms with van der Waals surface area (Å²) in [7, 11) is 0. The Morgan fingerprint density at radius 1 is 1.54 bits per heavy atom. The van der Waals surface area contributed by atoms with Gasteiger partial charge in [-0.05, 0) is 18.4 Å². The van der Waals surface area contributed by atoms with Crippen molar-refractivity contribution in [3.8, 4) is 0 Å². The highest BCUT2D eigenvalue weighted by Crippen LogP contribution is 2.35. The van der Waals surface area contributed by atoms with Gasteiger partial charge in [0.2, 0.25) is 0 Å². The molecule has 4 heteroatoms. The van der Waals surface area contributed by atoms with E-state index < -0.39 is 17.8 Å². The summed E-state index contributed by atoms with van der Waals surface area (Å²) in [6, 6.07) is -0.494. The average Bonchev–Trinajstić information content (AvgIpc) is 2.03. The molecule has 0 fully saturated rings. The molecule has 0 heterocycles. The van der Waals surface area contributed by atoms with Crippen LogP contribution in [-0.2, 0) is 0 Å². The van der Waals surface area contributed by atoms with Crippen LogP contribution in [0.5, 0.6) is 0 Å². The summed E-state index contributed by atoms with van der Waals surface area (Å²) >= 11 is 0. The second-order valence-electron chi connectivity index (χ2n) is 3.06. The fraction of sp³-hybridized carbons (Fsp3) is 0.556. The van der Waals surface area contributed by atoms with E-state index in [1.807, 2.05) is 0 Å². The molecule has 0 amide bonds. The summed E-state index contributed by atoms with van der Waals surface area (Å²) in [5.41, 5.74) is 5.21. The number of hydrogen-bond acceptors (Lipinski definition) is 1. The highest BCUT2D eigenvalue weighted by Gasteiger charge is 2.36. The first-order valence-corrected chi connectivity index (χ1v) is 4.19. The van der Waals surface area contributed by atoms with Crippen molar-refractivity contribution in [2.45, 2.75) is 32.0 Å². The first-order chi connectivity index (χ1) is 5.95. The molecule has 1 rings (SSSR count). The number of hydrogen-bond donors (Lipinski definition) is 1. The quantitative estimate of drug-likeness (QED) is 0.677. The lowest BCUT2D eigenvalue weighted by Crippen LogP contribution is -2.25. The average molecular weight is 191 g/mol. The van der Waals surface area contributed by atoms with Gasteiger partial charge in [-0.1, -0.05) is 19.1 Å². The topological polar surface area (TPSA) is 26.0 Å². The maximum Gasteiger partial charge on any atom is 0.416 e. The lowest BCUT2D eigenvalue weighted by Gasteiger charge is -2.20. The van der Waals surface area contributed by atoms with Crippen molar-refractivity contribution in [3.63, 3.8) is 0 Å². The van der Waals surface area contributed by atoms with Gasteiger partial charge in [-0.3, -0.25) is 0 Å². The monoisotopic (exact) mass is 191 g/mol. The first kappa shape index (κ1) is 10.3. The Kier molecular flexibility index (Phi) is 2.81. The van der Waals surface area contributed by atoms with E-state index in [1.54, 1.807) is 13.0 Å². The molecular formula is C9H12F3N. The predicted molar refractivity (Wildman–Crippen MR) is 45.1 cm³/mol. The van der Waals surface area contributed by atoms with Crippen LogP contribution in [-0.4, -0.2) is 12.2 Å². The normalized spacial score (nSPS) is 23.9. The third-order valence-electron chi connectivity index (χ3n) is 2.05. The zero-order chi connectivity index (χ0) is 10.1. The number of rotatable bonds is 1. The molecule has 1 aliphatic carbocycles. The Morgan fingerprint density at radius 3 is 2.62 bits per heavy atom. The molecule has 1 atom stereocenters. The Labute approximate surface area is 75.1 Å². The van der Waals surface area contributed by atoms with Gasteiger partial charge in [0, 0.05) is 6.04 Å². The van der Waals surface area contributed by atoms with Gasteiger partial charge in [0.15, 0.2) is 0 Å². The molecule has 2 N–H and O–H groups in total. The van der Waals surface area contributed by atoms with Crippen LogP contribution in [0, 0.1) is 0 Å². The van der Waals surface area contributed by atoms with Gasteiger partial charge in [0.25, 0.3) is 0 Å². The Balaban J connectivity index is 2.96. The maximum atomic E-state index is 12.4. The van der Waals surface area contributed by atoms with E-state index in [0.29, 0.717) is 18.4 Å². The Bertz CT molecular complexity index is 250. The van der Waals surface area contributed by atoms with Crippen LogP contribution in [0.4, 0.5) is 13.2 Å². The minimum Gasteiger partial charge on any atom is -0.324 e. The van der Waals surface area contributed by atoms with Crippen LogP contribution in [0.3, 0.4) is 0 Å². The number of alkyl halides is 3. The molecule has 13 heavy (non-hydrogen) atoms. The molecular weight excluding hydrogens is 179 g/mol. The Hall–Kier alpha value is -0.770. The zero-order valence-electron chi connectivity index (χ0n) is 7.36. The second-order valence-corrected chi connectivity index (χ2v) is 3.06. The van der Waals surface area contributed by atoms with E-state index in [9.17, 15) is 13.2 Å². The molecule has 0 radical (unpaired) electrons. The van der Waals surface area contributed by atoms with Gasteiger partial charge >= 0.3 is 6.18 Å². The summed E-state index contributed by atoms with van der Waals surface area (Å²) in [6.45, 7) is 1.71. The first-order valence-electron chi connectivity index (χ1n) is 4.19. The molecule has 1 aliphatic rings. The van der Waals surface area contributed by atoms with E-state index in [-0.39, 0.29) is 0 Å². The standard InChI is InChI=1S/C9H12F3N/c1-2-6-3-4-7(13)5-8(6)9(10,11)12/h3,5,7H,2,4,13H2,1H3. The predicted octanol–water partition coefficient (Wildman–Crippen LogP) is 2.54. The molecule has 0 aromatic carbocycles. The second kappa shape index (κ2) is 3.54. The highest BCUT2D eigenvalue weighted by atomic mass is 19.4. The lowest BCUT2D eigenvalue weighted by atomic mass is 9.93. The molecule has 0 aliphatic heterocycles. The maximum absolute atomic E-state index is 12.4. The van der Waals surface area contributed by atoms with Crippen molar-refractivity contribution in [1.29, 1.82) is 0 Å². The molecule has 74 valence electrons. The minimum atomic E-state index is -4.26. The molecule has 0 bridgehead atoms. The van der Waals surface area contributed by atoms with Crippen molar-refractivity contribution in [2.75, 3.05) is 0 Å². The van der Waals surface area contributed by atoms with E-state index >= 15 is 0 Å². The molecule has 1 nitrogen and oxygen atoms in total. The molecule has 0 spiro atoms. The van der Waals surface area contributed by atoms with Crippen LogP contribution in [0.15, 0.2) is 23.3 Å². The van der Waals surface area contributed by atoms with E-state index in [2.05, 4.69) is 0 Å². The summed E-state index contributed by atoms with van der Waals surface area (Å²) in [5.74, 6) is 0. The highest BCUT2D eigenvalue weighted by molar-refractivity contribution is 5.38. The fourth-order valence-electron chi connectivity index (χ4n) is 1.39. The summed E-state index contributed by atoms with van der Waals surface area (Å²) in [5, 5.41) is 0. The SMILES string of the molecule is CCC1=CCC(N)C=C1C(F)(F)F. The smallest absolute Gasteiger partial charge is 0.324 e. The number of halogens is 3. The minimum absolute atomic E-state index is 0.356. The third-order valence-corrected chi connectivity index (χ3v) is 2.05. The molecule has 1 unspecified atom stereocenters. The van der Waals surface area contributed by atoms with Crippen LogP contribution < -0.4 is 5.73 Å². The summed E-state index contributed by atoms with van der Waals surface area (Å²) < 4.78 is 37.2. The van der Waals surface area contributed by atoms with Gasteiger partial charge in [0.1, 0.15) is 0 Å². The van der Waals surface area contributed by atoms with Gasteiger partial charge in [-0.25, -0.2) is 0 Å².